The zero-order valence-corrected chi connectivity index (χ0v) is 30.0. The van der Waals surface area contributed by atoms with E-state index in [1.54, 1.807) is 33.8 Å². The first-order valence-electron chi connectivity index (χ1n) is 17.4. The molecule has 264 valence electrons. The lowest BCUT2D eigenvalue weighted by atomic mass is 9.66. The minimum absolute atomic E-state index is 0.170. The molecule has 0 amide bonds. The first-order valence-corrected chi connectivity index (χ1v) is 17.4. The number of fused-ring (bicyclic) bond motifs is 7. The topological polar surface area (TPSA) is 145 Å². The molecule has 4 bridgehead atoms. The molecule has 1 aromatic heterocycles. The van der Waals surface area contributed by atoms with Gasteiger partial charge in [-0.2, -0.15) is 0 Å². The van der Waals surface area contributed by atoms with Crippen molar-refractivity contribution in [2.24, 2.45) is 21.7 Å². The van der Waals surface area contributed by atoms with Gasteiger partial charge in [0.25, 0.3) is 0 Å². The van der Waals surface area contributed by atoms with E-state index in [1.165, 1.54) is 6.07 Å². The van der Waals surface area contributed by atoms with E-state index in [0.717, 1.165) is 0 Å². The van der Waals surface area contributed by atoms with Crippen molar-refractivity contribution in [3.8, 4) is 5.75 Å². The zero-order chi connectivity index (χ0) is 35.9. The van der Waals surface area contributed by atoms with Crippen LogP contribution < -0.4 is 10.2 Å². The predicted octanol–water partition coefficient (Wildman–Crippen LogP) is 5.83. The molecule has 2 saturated carbocycles. The van der Waals surface area contributed by atoms with Crippen molar-refractivity contribution < 1.29 is 47.3 Å². The average Bonchev–Trinajstić information content (AvgIpc) is 3.49. The van der Waals surface area contributed by atoms with Gasteiger partial charge in [0.1, 0.15) is 22.7 Å². The lowest BCUT2D eigenvalue weighted by molar-refractivity contribution is -0.217. The van der Waals surface area contributed by atoms with Gasteiger partial charge < -0.3 is 28.1 Å². The molecule has 5 aliphatic rings. The van der Waals surface area contributed by atoms with Crippen molar-refractivity contribution in [3.05, 3.63) is 39.2 Å². The smallest absolute Gasteiger partial charge is 0.351 e. The highest BCUT2D eigenvalue weighted by Crippen LogP contribution is 2.67. The number of carbonyl (C=O) groups excluding carboxylic acids is 4. The third-order valence-corrected chi connectivity index (χ3v) is 13.8. The van der Waals surface area contributed by atoms with Crippen molar-refractivity contribution in [1.82, 2.24) is 0 Å². The number of esters is 4. The molecule has 11 heteroatoms. The van der Waals surface area contributed by atoms with E-state index in [-0.39, 0.29) is 29.4 Å². The maximum Gasteiger partial charge on any atom is 0.351 e. The van der Waals surface area contributed by atoms with Crippen molar-refractivity contribution >= 4 is 34.8 Å². The molecule has 0 radical (unpaired) electrons. The number of benzene rings is 1. The Hall–Kier alpha value is -3.89. The van der Waals surface area contributed by atoms with Crippen LogP contribution in [0.4, 0.5) is 0 Å². The van der Waals surface area contributed by atoms with Gasteiger partial charge in [0.2, 0.25) is 11.2 Å². The average molecular weight is 679 g/mol. The Morgan fingerprint density at radius 2 is 1.27 bits per heavy atom. The molecule has 2 aliphatic carbocycles. The number of hydrogen-bond acceptors (Lipinski definition) is 11. The van der Waals surface area contributed by atoms with E-state index in [2.05, 4.69) is 0 Å². The Balaban J connectivity index is 1.41. The van der Waals surface area contributed by atoms with Gasteiger partial charge >= 0.3 is 23.9 Å². The normalized spacial score (nSPS) is 35.8. The summed E-state index contributed by atoms with van der Waals surface area (Å²) >= 11 is 0. The summed E-state index contributed by atoms with van der Waals surface area (Å²) in [6.07, 6.45) is -0.374. The summed E-state index contributed by atoms with van der Waals surface area (Å²) in [6, 6.07) is 3.19. The number of rotatable bonds is 6. The SMILES string of the molecule is CCc1cc(=O)c2c(CC)cc3c(c2o1)[C@@H](OC(=O)[C@@]12CC[C@@](C)(C(=O)O1)C2(C)C)[C@@H](OC(=O)[C@@]12CC[C@@](C)(C(=O)O1)C2(C)C)C(C)(C)O3. The van der Waals surface area contributed by atoms with Crippen LogP contribution in [0, 0.1) is 21.7 Å². The van der Waals surface area contributed by atoms with Crippen molar-refractivity contribution in [3.63, 3.8) is 0 Å². The third kappa shape index (κ3) is 3.82. The zero-order valence-electron chi connectivity index (χ0n) is 30.0. The van der Waals surface area contributed by atoms with Gasteiger partial charge in [-0.05, 0) is 71.4 Å². The van der Waals surface area contributed by atoms with Crippen LogP contribution in [0.3, 0.4) is 0 Å². The Bertz CT molecular complexity index is 1920. The van der Waals surface area contributed by atoms with Crippen LogP contribution in [0.25, 0.3) is 11.0 Å². The number of aryl methyl sites for hydroxylation is 2. The lowest BCUT2D eigenvalue weighted by Gasteiger charge is -2.46. The molecule has 3 aliphatic heterocycles. The monoisotopic (exact) mass is 678 g/mol. The minimum Gasteiger partial charge on any atom is -0.483 e. The van der Waals surface area contributed by atoms with Crippen LogP contribution in [0.5, 0.6) is 5.75 Å². The van der Waals surface area contributed by atoms with E-state index in [0.29, 0.717) is 48.1 Å². The summed E-state index contributed by atoms with van der Waals surface area (Å²) in [5.74, 6) is -1.77. The minimum atomic E-state index is -1.60. The molecule has 0 unspecified atom stereocenters. The van der Waals surface area contributed by atoms with Crippen LogP contribution in [0.2, 0.25) is 0 Å². The maximum absolute atomic E-state index is 14.6. The molecule has 4 fully saturated rings. The molecule has 4 heterocycles. The van der Waals surface area contributed by atoms with Crippen molar-refractivity contribution in [1.29, 1.82) is 0 Å². The van der Waals surface area contributed by atoms with E-state index in [9.17, 15) is 24.0 Å². The van der Waals surface area contributed by atoms with E-state index in [4.69, 9.17) is 28.1 Å². The molecular weight excluding hydrogens is 632 g/mol. The largest absolute Gasteiger partial charge is 0.483 e. The van der Waals surface area contributed by atoms with E-state index < -0.39 is 74.5 Å². The Morgan fingerprint density at radius 1 is 0.735 bits per heavy atom. The Labute approximate surface area is 285 Å². The summed E-state index contributed by atoms with van der Waals surface area (Å²) in [5, 5.41) is 0.308. The highest BCUT2D eigenvalue weighted by Gasteiger charge is 2.78. The molecular formula is C38H46O11. The van der Waals surface area contributed by atoms with Crippen LogP contribution in [-0.2, 0) is 51.0 Å². The van der Waals surface area contributed by atoms with Crippen LogP contribution >= 0.6 is 0 Å². The summed E-state index contributed by atoms with van der Waals surface area (Å²) in [7, 11) is 0. The molecule has 7 rings (SSSR count). The summed E-state index contributed by atoms with van der Waals surface area (Å²) in [6.45, 7) is 18.1. The van der Waals surface area contributed by atoms with Gasteiger partial charge in [0.15, 0.2) is 17.6 Å². The van der Waals surface area contributed by atoms with Gasteiger partial charge in [-0.3, -0.25) is 14.4 Å². The van der Waals surface area contributed by atoms with Crippen molar-refractivity contribution in [2.75, 3.05) is 0 Å². The van der Waals surface area contributed by atoms with E-state index in [1.807, 2.05) is 41.5 Å². The summed E-state index contributed by atoms with van der Waals surface area (Å²) in [4.78, 5) is 69.0. The molecule has 49 heavy (non-hydrogen) atoms. The molecule has 6 atom stereocenters. The second-order valence-electron chi connectivity index (χ2n) is 16.6. The molecule has 1 aromatic carbocycles. The van der Waals surface area contributed by atoms with Gasteiger partial charge in [-0.1, -0.05) is 41.5 Å². The lowest BCUT2D eigenvalue weighted by Crippen LogP contribution is -2.57. The fourth-order valence-corrected chi connectivity index (χ4v) is 9.27. The molecule has 2 saturated heterocycles. The molecule has 2 aromatic rings. The van der Waals surface area contributed by atoms with Gasteiger partial charge in [0.05, 0.1) is 21.8 Å². The maximum atomic E-state index is 14.6. The van der Waals surface area contributed by atoms with E-state index >= 15 is 0 Å². The van der Waals surface area contributed by atoms with Gasteiger partial charge in [-0.15, -0.1) is 0 Å². The Morgan fingerprint density at radius 3 is 1.71 bits per heavy atom. The highest BCUT2D eigenvalue weighted by atomic mass is 16.7. The quantitative estimate of drug-likeness (QED) is 0.269. The standard InChI is InChI=1S/C38H46O11/c1-11-19-17-22-24(25-23(19)21(39)18-20(12-2)44-25)26(45-30(42)37-15-13-35(9,28(40)48-37)33(37,5)6)27(32(3,4)47-22)46-31(43)38-16-14-36(10,29(41)49-38)34(38,7)8/h17-18,26-27H,11-16H2,1-10H3/t26-,27-,35+,36+,37-,38-/m1/s1. The first-order chi connectivity index (χ1) is 22.7. The van der Waals surface area contributed by atoms with Gasteiger partial charge in [0, 0.05) is 23.3 Å². The Kier molecular flexibility index (Phi) is 6.77. The molecule has 0 N–H and O–H groups in total. The second-order valence-corrected chi connectivity index (χ2v) is 16.6. The fraction of sp³-hybridized carbons (Fsp3) is 0.658. The first kappa shape index (κ1) is 33.6. The molecule has 11 nitrogen and oxygen atoms in total. The number of carbonyl (C=O) groups is 4. The molecule has 0 spiro atoms. The van der Waals surface area contributed by atoms with Crippen molar-refractivity contribution in [2.45, 2.75) is 137 Å². The third-order valence-electron chi connectivity index (χ3n) is 13.8. The van der Waals surface area contributed by atoms with Crippen LogP contribution in [0.15, 0.2) is 21.3 Å². The second kappa shape index (κ2) is 9.88. The highest BCUT2D eigenvalue weighted by molar-refractivity contribution is 5.95. The van der Waals surface area contributed by atoms with Gasteiger partial charge in [-0.25, -0.2) is 9.59 Å². The number of ether oxygens (including phenoxy) is 5. The predicted molar refractivity (Wildman–Crippen MR) is 175 cm³/mol. The fourth-order valence-electron chi connectivity index (χ4n) is 9.27. The summed E-state index contributed by atoms with van der Waals surface area (Å²) in [5.41, 5.74) is -7.26. The number of hydrogen-bond donors (Lipinski definition) is 0. The summed E-state index contributed by atoms with van der Waals surface area (Å²) < 4.78 is 37.6. The van der Waals surface area contributed by atoms with Crippen LogP contribution in [-0.4, -0.2) is 46.8 Å². The van der Waals surface area contributed by atoms with Crippen LogP contribution in [0.1, 0.15) is 118 Å².